The van der Waals surface area contributed by atoms with E-state index < -0.39 is 0 Å². The van der Waals surface area contributed by atoms with Crippen LogP contribution < -0.4 is 4.90 Å². The average molecular weight is 382 g/mol. The number of amides is 1. The molecule has 0 aliphatic carbocycles. The molecule has 1 amide bonds. The number of halogens is 2. The van der Waals surface area contributed by atoms with Gasteiger partial charge >= 0.3 is 0 Å². The lowest BCUT2D eigenvalue weighted by Gasteiger charge is -2.36. The molecule has 1 fully saturated rings. The van der Waals surface area contributed by atoms with Crippen molar-refractivity contribution in [3.63, 3.8) is 0 Å². The Labute approximate surface area is 161 Å². The molecule has 28 heavy (non-hydrogen) atoms. The molecule has 7 heteroatoms. The summed E-state index contributed by atoms with van der Waals surface area (Å²) >= 11 is 0. The molecular weight excluding hydrogens is 362 g/mol. The first-order valence-electron chi connectivity index (χ1n) is 9.11. The van der Waals surface area contributed by atoms with E-state index in [1.807, 2.05) is 11.0 Å². The van der Waals surface area contributed by atoms with Gasteiger partial charge in [0.15, 0.2) is 0 Å². The van der Waals surface area contributed by atoms with Crippen LogP contribution in [0.1, 0.15) is 10.5 Å². The molecule has 0 radical (unpaired) electrons. The predicted octanol–water partition coefficient (Wildman–Crippen LogP) is 3.33. The number of aryl methyl sites for hydroxylation is 1. The normalized spacial score (nSPS) is 14.4. The zero-order chi connectivity index (χ0) is 19.7. The minimum atomic E-state index is -0.316. The Bertz CT molecular complexity index is 992. The second-order valence-electron chi connectivity index (χ2n) is 6.78. The van der Waals surface area contributed by atoms with Crippen molar-refractivity contribution in [3.05, 3.63) is 71.9 Å². The van der Waals surface area contributed by atoms with Gasteiger partial charge in [-0.1, -0.05) is 12.1 Å². The molecule has 1 saturated heterocycles. The molecule has 0 bridgehead atoms. The van der Waals surface area contributed by atoms with E-state index in [-0.39, 0.29) is 17.5 Å². The van der Waals surface area contributed by atoms with Gasteiger partial charge in [-0.25, -0.2) is 8.78 Å². The highest BCUT2D eigenvalue weighted by atomic mass is 19.1. The monoisotopic (exact) mass is 382 g/mol. The third-order valence-electron chi connectivity index (χ3n) is 5.00. The van der Waals surface area contributed by atoms with Crippen molar-refractivity contribution in [2.45, 2.75) is 0 Å². The van der Waals surface area contributed by atoms with Gasteiger partial charge in [0.25, 0.3) is 5.91 Å². The predicted molar refractivity (Wildman–Crippen MR) is 103 cm³/mol. The first kappa shape index (κ1) is 18.2. The zero-order valence-corrected chi connectivity index (χ0v) is 15.5. The van der Waals surface area contributed by atoms with Crippen LogP contribution in [-0.2, 0) is 7.05 Å². The Hall–Kier alpha value is -3.22. The summed E-state index contributed by atoms with van der Waals surface area (Å²) in [5.74, 6) is -0.682. The number of para-hydroxylation sites is 1. The highest BCUT2D eigenvalue weighted by molar-refractivity contribution is 5.94. The van der Waals surface area contributed by atoms with E-state index in [2.05, 4.69) is 5.10 Å². The van der Waals surface area contributed by atoms with Crippen molar-refractivity contribution in [1.29, 1.82) is 0 Å². The molecule has 2 aromatic carbocycles. The Morgan fingerprint density at radius 2 is 1.64 bits per heavy atom. The molecule has 0 saturated carbocycles. The first-order valence-corrected chi connectivity index (χ1v) is 9.11. The van der Waals surface area contributed by atoms with Gasteiger partial charge in [-0.05, 0) is 42.5 Å². The molecule has 0 unspecified atom stereocenters. The van der Waals surface area contributed by atoms with Crippen molar-refractivity contribution in [2.24, 2.45) is 7.05 Å². The van der Waals surface area contributed by atoms with Gasteiger partial charge in [0.2, 0.25) is 0 Å². The molecule has 144 valence electrons. The number of rotatable bonds is 3. The number of carbonyl (C=O) groups excluding carboxylic acids is 1. The fourth-order valence-corrected chi connectivity index (χ4v) is 3.45. The van der Waals surface area contributed by atoms with E-state index in [9.17, 15) is 13.6 Å². The Kier molecular flexibility index (Phi) is 4.81. The van der Waals surface area contributed by atoms with Crippen LogP contribution in [0.3, 0.4) is 0 Å². The summed E-state index contributed by atoms with van der Waals surface area (Å²) in [4.78, 5) is 16.6. The van der Waals surface area contributed by atoms with Crippen LogP contribution in [0.15, 0.2) is 54.6 Å². The highest BCUT2D eigenvalue weighted by Gasteiger charge is 2.26. The summed E-state index contributed by atoms with van der Waals surface area (Å²) < 4.78 is 28.6. The van der Waals surface area contributed by atoms with Gasteiger partial charge in [-0.2, -0.15) is 5.10 Å². The van der Waals surface area contributed by atoms with Crippen LogP contribution in [-0.4, -0.2) is 46.8 Å². The SMILES string of the molecule is Cn1nc(-c2ccc(F)cc2)cc1C(=O)N1CCN(c2ccccc2F)CC1. The van der Waals surface area contributed by atoms with Crippen molar-refractivity contribution in [1.82, 2.24) is 14.7 Å². The van der Waals surface area contributed by atoms with Gasteiger partial charge in [-0.3, -0.25) is 9.48 Å². The standard InChI is InChI=1S/C21H20F2N4O/c1-25-20(14-18(24-25)15-6-8-16(22)9-7-15)21(28)27-12-10-26(11-13-27)19-5-3-2-4-17(19)23/h2-9,14H,10-13H2,1H3. The van der Waals surface area contributed by atoms with Crippen molar-refractivity contribution in [3.8, 4) is 11.3 Å². The topological polar surface area (TPSA) is 41.4 Å². The maximum atomic E-state index is 14.0. The molecule has 5 nitrogen and oxygen atoms in total. The van der Waals surface area contributed by atoms with E-state index >= 15 is 0 Å². The van der Waals surface area contributed by atoms with Crippen molar-refractivity contribution in [2.75, 3.05) is 31.1 Å². The number of aromatic nitrogens is 2. The minimum absolute atomic E-state index is 0.114. The Morgan fingerprint density at radius 3 is 2.32 bits per heavy atom. The van der Waals surface area contributed by atoms with Crippen LogP contribution in [0.25, 0.3) is 11.3 Å². The zero-order valence-electron chi connectivity index (χ0n) is 15.5. The van der Waals surface area contributed by atoms with Gasteiger partial charge in [0.1, 0.15) is 17.3 Å². The summed E-state index contributed by atoms with van der Waals surface area (Å²) in [6.07, 6.45) is 0. The third-order valence-corrected chi connectivity index (χ3v) is 5.00. The second kappa shape index (κ2) is 7.42. The molecule has 1 aromatic heterocycles. The number of carbonyl (C=O) groups is 1. The molecule has 0 spiro atoms. The van der Waals surface area contributed by atoms with Crippen LogP contribution in [0.5, 0.6) is 0 Å². The fraction of sp³-hybridized carbons (Fsp3) is 0.238. The van der Waals surface area contributed by atoms with Crippen LogP contribution >= 0.6 is 0 Å². The number of hydrogen-bond acceptors (Lipinski definition) is 3. The van der Waals surface area contributed by atoms with E-state index in [0.29, 0.717) is 43.3 Å². The quantitative estimate of drug-likeness (QED) is 0.698. The van der Waals surface area contributed by atoms with E-state index in [4.69, 9.17) is 0 Å². The average Bonchev–Trinajstić information content (AvgIpc) is 3.10. The van der Waals surface area contributed by atoms with Gasteiger partial charge < -0.3 is 9.80 Å². The second-order valence-corrected chi connectivity index (χ2v) is 6.78. The van der Waals surface area contributed by atoms with Crippen molar-refractivity contribution >= 4 is 11.6 Å². The molecule has 0 atom stereocenters. The Balaban J connectivity index is 1.47. The number of piperazine rings is 1. The molecule has 2 heterocycles. The van der Waals surface area contributed by atoms with Crippen LogP contribution in [0, 0.1) is 11.6 Å². The largest absolute Gasteiger partial charge is 0.366 e. The molecular formula is C21H20F2N4O. The van der Waals surface area contributed by atoms with Crippen molar-refractivity contribution < 1.29 is 13.6 Å². The molecule has 1 aliphatic rings. The maximum Gasteiger partial charge on any atom is 0.272 e. The lowest BCUT2D eigenvalue weighted by Crippen LogP contribution is -2.49. The van der Waals surface area contributed by atoms with Gasteiger partial charge in [-0.15, -0.1) is 0 Å². The number of anilines is 1. The molecule has 3 aromatic rings. The fourth-order valence-electron chi connectivity index (χ4n) is 3.45. The summed E-state index contributed by atoms with van der Waals surface area (Å²) in [6.45, 7) is 2.14. The maximum absolute atomic E-state index is 14.0. The van der Waals surface area contributed by atoms with Crippen LogP contribution in [0.2, 0.25) is 0 Å². The van der Waals surface area contributed by atoms with E-state index in [0.717, 1.165) is 5.56 Å². The smallest absolute Gasteiger partial charge is 0.272 e. The first-order chi connectivity index (χ1) is 13.5. The molecule has 4 rings (SSSR count). The lowest BCUT2D eigenvalue weighted by atomic mass is 10.1. The van der Waals surface area contributed by atoms with E-state index in [1.54, 1.807) is 47.0 Å². The van der Waals surface area contributed by atoms with Gasteiger partial charge in [0.05, 0.1) is 11.4 Å². The molecule has 1 aliphatic heterocycles. The van der Waals surface area contributed by atoms with Gasteiger partial charge in [0, 0.05) is 38.8 Å². The Morgan fingerprint density at radius 1 is 0.964 bits per heavy atom. The summed E-state index contributed by atoms with van der Waals surface area (Å²) in [6, 6.07) is 14.4. The molecule has 0 N–H and O–H groups in total. The minimum Gasteiger partial charge on any atom is -0.366 e. The van der Waals surface area contributed by atoms with Crippen LogP contribution in [0.4, 0.5) is 14.5 Å². The number of nitrogens with zero attached hydrogens (tertiary/aromatic N) is 4. The summed E-state index contributed by atoms with van der Waals surface area (Å²) in [5, 5.41) is 4.39. The summed E-state index contributed by atoms with van der Waals surface area (Å²) in [5.41, 5.74) is 2.41. The lowest BCUT2D eigenvalue weighted by molar-refractivity contribution is 0.0735. The summed E-state index contributed by atoms with van der Waals surface area (Å²) in [7, 11) is 1.72. The number of benzene rings is 2. The third kappa shape index (κ3) is 3.47. The van der Waals surface area contributed by atoms with E-state index in [1.165, 1.54) is 18.2 Å². The number of hydrogen-bond donors (Lipinski definition) is 0. The highest BCUT2D eigenvalue weighted by Crippen LogP contribution is 2.23.